The predicted octanol–water partition coefficient (Wildman–Crippen LogP) is 8.95. The number of rotatable bonds is 6. The van der Waals surface area contributed by atoms with Crippen LogP contribution in [0.4, 0.5) is 0 Å². The Bertz CT molecular complexity index is 1900. The Kier molecular flexibility index (Phi) is 6.43. The molecule has 0 saturated heterocycles. The van der Waals surface area contributed by atoms with E-state index in [4.69, 9.17) is 11.5 Å². The molecule has 0 heterocycles. The molecule has 0 unspecified atom stereocenters. The Labute approximate surface area is 234 Å². The van der Waals surface area contributed by atoms with Gasteiger partial charge in [0.25, 0.3) is 0 Å². The minimum atomic E-state index is 0.752. The minimum absolute atomic E-state index is 0.752. The first-order chi connectivity index (χ1) is 19.8. The summed E-state index contributed by atoms with van der Waals surface area (Å²) in [7, 11) is 0. The molecular weight excluding hydrogens is 484 g/mol. The topological polar surface area (TPSA) is 52.0 Å². The van der Waals surface area contributed by atoms with Gasteiger partial charge in [-0.05, 0) is 115 Å². The van der Waals surface area contributed by atoms with Gasteiger partial charge in [0.15, 0.2) is 0 Å². The second-order valence-corrected chi connectivity index (χ2v) is 10.9. The third kappa shape index (κ3) is 4.12. The Balaban J connectivity index is 0.000000132. The molecule has 196 valence electrons. The summed E-state index contributed by atoms with van der Waals surface area (Å²) in [5.41, 5.74) is 14.2. The molecule has 0 aliphatic rings. The smallest absolute Gasteiger partial charge is 0.00240 e. The van der Waals surface area contributed by atoms with Gasteiger partial charge in [0.05, 0.1) is 0 Å². The van der Waals surface area contributed by atoms with Crippen LogP contribution >= 0.6 is 0 Å². The fourth-order valence-electron chi connectivity index (χ4n) is 6.61. The van der Waals surface area contributed by atoms with E-state index < -0.39 is 0 Å². The first kappa shape index (κ1) is 24.8. The maximum atomic E-state index is 5.66. The Morgan fingerprint density at radius 2 is 0.675 bits per heavy atom. The lowest BCUT2D eigenvalue weighted by Crippen LogP contribution is -2.00. The monoisotopic (exact) mass is 518 g/mol. The fourth-order valence-corrected chi connectivity index (χ4v) is 6.61. The second kappa shape index (κ2) is 10.4. The first-order valence-electron chi connectivity index (χ1n) is 14.5. The molecule has 0 spiro atoms. The zero-order valence-electron chi connectivity index (χ0n) is 22.8. The van der Waals surface area contributed by atoms with Gasteiger partial charge in [0, 0.05) is 0 Å². The molecule has 4 N–H and O–H groups in total. The third-order valence-corrected chi connectivity index (χ3v) is 8.54. The van der Waals surface area contributed by atoms with Crippen molar-refractivity contribution in [1.82, 2.24) is 0 Å². The zero-order valence-corrected chi connectivity index (χ0v) is 22.8. The van der Waals surface area contributed by atoms with Crippen molar-refractivity contribution < 1.29 is 0 Å². The molecule has 0 fully saturated rings. The maximum absolute atomic E-state index is 5.66. The van der Waals surface area contributed by atoms with Gasteiger partial charge in [-0.25, -0.2) is 0 Å². The summed E-state index contributed by atoms with van der Waals surface area (Å²) in [4.78, 5) is 0. The van der Waals surface area contributed by atoms with Crippen LogP contribution in [0.25, 0.3) is 64.6 Å². The van der Waals surface area contributed by atoms with E-state index in [2.05, 4.69) is 109 Å². The predicted molar refractivity (Wildman–Crippen MR) is 175 cm³/mol. The molecule has 8 aromatic rings. The van der Waals surface area contributed by atoms with Gasteiger partial charge in [-0.1, -0.05) is 109 Å². The highest BCUT2D eigenvalue weighted by Crippen LogP contribution is 2.37. The zero-order chi connectivity index (χ0) is 27.1. The first-order valence-corrected chi connectivity index (χ1v) is 14.5. The van der Waals surface area contributed by atoms with Crippen LogP contribution < -0.4 is 11.5 Å². The van der Waals surface area contributed by atoms with Gasteiger partial charge in [-0.3, -0.25) is 0 Å². The van der Waals surface area contributed by atoms with Crippen LogP contribution in [0.3, 0.4) is 0 Å². The summed E-state index contributed by atoms with van der Waals surface area (Å²) < 4.78 is 0. The highest BCUT2D eigenvalue weighted by atomic mass is 14.5. The van der Waals surface area contributed by atoms with Crippen molar-refractivity contribution in [1.29, 1.82) is 0 Å². The van der Waals surface area contributed by atoms with Crippen molar-refractivity contribution in [3.63, 3.8) is 0 Å². The van der Waals surface area contributed by atoms with E-state index in [1.807, 2.05) is 0 Å². The van der Waals surface area contributed by atoms with E-state index in [0.717, 1.165) is 38.8 Å². The molecule has 0 atom stereocenters. The Morgan fingerprint density at radius 3 is 1.05 bits per heavy atom. The largest absolute Gasteiger partial charge is 0.330 e. The highest BCUT2D eigenvalue weighted by molar-refractivity contribution is 6.24. The van der Waals surface area contributed by atoms with Crippen molar-refractivity contribution in [3.8, 4) is 0 Å². The standard InChI is InChI=1S/2C19H17N/c2*20-12-2-5-13-6-7-16-9-8-14-3-1-4-15-10-11-17(13)19(16)18(14)15/h2*1,3-4,6-11H,2,5,12,20H2. The molecule has 0 bridgehead atoms. The van der Waals surface area contributed by atoms with Crippen LogP contribution in [-0.4, -0.2) is 13.1 Å². The lowest BCUT2D eigenvalue weighted by molar-refractivity contribution is 0.837. The average molecular weight is 519 g/mol. The molecular formula is C38H34N2. The summed E-state index contributed by atoms with van der Waals surface area (Å²) in [6.07, 6.45) is 4.21. The van der Waals surface area contributed by atoms with E-state index in [9.17, 15) is 0 Å². The molecule has 8 rings (SSSR count). The van der Waals surface area contributed by atoms with Crippen molar-refractivity contribution in [2.75, 3.05) is 13.1 Å². The normalized spacial score (nSPS) is 11.8. The van der Waals surface area contributed by atoms with Crippen molar-refractivity contribution in [2.24, 2.45) is 11.5 Å². The van der Waals surface area contributed by atoms with Gasteiger partial charge in [-0.2, -0.15) is 0 Å². The molecule has 8 aromatic carbocycles. The van der Waals surface area contributed by atoms with Crippen LogP contribution in [0, 0.1) is 0 Å². The van der Waals surface area contributed by atoms with Gasteiger partial charge < -0.3 is 11.5 Å². The van der Waals surface area contributed by atoms with Gasteiger partial charge in [0.1, 0.15) is 0 Å². The number of aryl methyl sites for hydroxylation is 2. The fraction of sp³-hybridized carbons (Fsp3) is 0.158. The average Bonchev–Trinajstić information content (AvgIpc) is 3.01. The summed E-state index contributed by atoms with van der Waals surface area (Å²) in [6, 6.07) is 40.1. The molecule has 40 heavy (non-hydrogen) atoms. The molecule has 0 amide bonds. The maximum Gasteiger partial charge on any atom is -0.00240 e. The van der Waals surface area contributed by atoms with Gasteiger partial charge in [0.2, 0.25) is 0 Å². The number of benzene rings is 8. The van der Waals surface area contributed by atoms with Crippen LogP contribution in [0.1, 0.15) is 24.0 Å². The molecule has 2 heteroatoms. The summed E-state index contributed by atoms with van der Waals surface area (Å²) >= 11 is 0. The van der Waals surface area contributed by atoms with Crippen molar-refractivity contribution in [2.45, 2.75) is 25.7 Å². The van der Waals surface area contributed by atoms with Crippen molar-refractivity contribution in [3.05, 3.63) is 120 Å². The van der Waals surface area contributed by atoms with Crippen LogP contribution in [0.2, 0.25) is 0 Å². The minimum Gasteiger partial charge on any atom is -0.330 e. The molecule has 0 saturated carbocycles. The van der Waals surface area contributed by atoms with Gasteiger partial charge >= 0.3 is 0 Å². The SMILES string of the molecule is NCCCc1ccc2ccc3cccc4ccc1c2c34.NCCCc1ccc2ccc3cccc4ccc1c2c34. The van der Waals surface area contributed by atoms with Crippen molar-refractivity contribution >= 4 is 64.6 Å². The number of hydrogen-bond donors (Lipinski definition) is 2. The van der Waals surface area contributed by atoms with E-state index in [1.165, 1.54) is 75.8 Å². The van der Waals surface area contributed by atoms with Crippen LogP contribution in [0.15, 0.2) is 109 Å². The van der Waals surface area contributed by atoms with Gasteiger partial charge in [-0.15, -0.1) is 0 Å². The van der Waals surface area contributed by atoms with E-state index in [0.29, 0.717) is 0 Å². The lowest BCUT2D eigenvalue weighted by Gasteiger charge is -2.13. The summed E-state index contributed by atoms with van der Waals surface area (Å²) in [5.74, 6) is 0. The molecule has 0 aliphatic heterocycles. The lowest BCUT2D eigenvalue weighted by atomic mass is 9.91. The Hall–Kier alpha value is -4.24. The number of hydrogen-bond acceptors (Lipinski definition) is 2. The van der Waals surface area contributed by atoms with Crippen LogP contribution in [-0.2, 0) is 12.8 Å². The summed E-state index contributed by atoms with van der Waals surface area (Å²) in [6.45, 7) is 1.50. The quantitative estimate of drug-likeness (QED) is 0.216. The molecule has 2 nitrogen and oxygen atoms in total. The molecule has 0 aromatic heterocycles. The van der Waals surface area contributed by atoms with Crippen LogP contribution in [0.5, 0.6) is 0 Å². The van der Waals surface area contributed by atoms with E-state index >= 15 is 0 Å². The number of nitrogens with two attached hydrogens (primary N) is 2. The third-order valence-electron chi connectivity index (χ3n) is 8.54. The van der Waals surface area contributed by atoms with E-state index in [1.54, 1.807) is 0 Å². The summed E-state index contributed by atoms with van der Waals surface area (Å²) in [5, 5.41) is 16.4. The Morgan fingerprint density at radius 1 is 0.350 bits per heavy atom. The second-order valence-electron chi connectivity index (χ2n) is 10.9. The molecule has 0 aliphatic carbocycles. The van der Waals surface area contributed by atoms with E-state index in [-0.39, 0.29) is 0 Å². The highest BCUT2D eigenvalue weighted by Gasteiger charge is 2.11. The molecule has 0 radical (unpaired) electrons.